The fourth-order valence-corrected chi connectivity index (χ4v) is 3.64. The van der Waals surface area contributed by atoms with Gasteiger partial charge in [-0.15, -0.1) is 0 Å². The van der Waals surface area contributed by atoms with E-state index in [9.17, 15) is 23.6 Å². The van der Waals surface area contributed by atoms with Crippen LogP contribution >= 0.6 is 0 Å². The van der Waals surface area contributed by atoms with Crippen molar-refractivity contribution in [2.45, 2.75) is 33.7 Å². The molecule has 2 N–H and O–H groups in total. The van der Waals surface area contributed by atoms with E-state index in [2.05, 4.69) is 10.7 Å². The summed E-state index contributed by atoms with van der Waals surface area (Å²) in [4.78, 5) is 50.5. The summed E-state index contributed by atoms with van der Waals surface area (Å²) in [7, 11) is 0. The van der Waals surface area contributed by atoms with Crippen molar-refractivity contribution in [3.05, 3.63) is 94.6 Å². The van der Waals surface area contributed by atoms with Gasteiger partial charge in [0.2, 0.25) is 5.78 Å². The molecule has 9 heteroatoms. The largest absolute Gasteiger partial charge is 0.456 e. The summed E-state index contributed by atoms with van der Waals surface area (Å²) >= 11 is 0. The minimum absolute atomic E-state index is 0.197. The number of aromatic nitrogens is 1. The lowest BCUT2D eigenvalue weighted by molar-refractivity contribution is -0.145. The average Bonchev–Trinajstić information content (AvgIpc) is 3.14. The molecule has 0 radical (unpaired) electrons. The highest BCUT2D eigenvalue weighted by Crippen LogP contribution is 2.16. The number of hydrogen-bond donors (Lipinski definition) is 2. The Labute approximate surface area is 208 Å². The number of carbonyl (C=O) groups is 4. The van der Waals surface area contributed by atoms with Crippen LogP contribution in [-0.4, -0.2) is 40.9 Å². The van der Waals surface area contributed by atoms with Crippen molar-refractivity contribution in [3.63, 3.8) is 0 Å². The number of amides is 2. The topological polar surface area (TPSA) is 106 Å². The Bertz CT molecular complexity index is 1280. The van der Waals surface area contributed by atoms with Gasteiger partial charge in [0.15, 0.2) is 6.61 Å². The molecule has 1 atom stereocenters. The predicted octanol–water partition coefficient (Wildman–Crippen LogP) is 3.81. The summed E-state index contributed by atoms with van der Waals surface area (Å²) in [5.74, 6) is -3.47. The molecule has 0 saturated carbocycles. The Hall–Kier alpha value is -4.27. The van der Waals surface area contributed by atoms with E-state index >= 15 is 0 Å². The maximum atomic E-state index is 13.9. The highest BCUT2D eigenvalue weighted by Gasteiger charge is 2.28. The van der Waals surface area contributed by atoms with Crippen LogP contribution in [0.15, 0.2) is 60.7 Å². The van der Waals surface area contributed by atoms with Crippen LogP contribution in [0.5, 0.6) is 0 Å². The molecule has 0 aliphatic carbocycles. The first-order chi connectivity index (χ1) is 17.1. The smallest absolute Gasteiger partial charge is 0.329 e. The van der Waals surface area contributed by atoms with Crippen molar-refractivity contribution >= 4 is 23.6 Å². The van der Waals surface area contributed by atoms with E-state index in [1.165, 1.54) is 22.9 Å². The highest BCUT2D eigenvalue weighted by atomic mass is 19.1. The molecule has 3 rings (SSSR count). The number of benzene rings is 2. The number of hydrogen-bond acceptors (Lipinski definition) is 5. The molecular formula is C27H28FN3O5. The van der Waals surface area contributed by atoms with Gasteiger partial charge < -0.3 is 10.1 Å². The minimum atomic E-state index is -1.08. The fourth-order valence-electron chi connectivity index (χ4n) is 3.64. The first-order valence-corrected chi connectivity index (χ1v) is 11.4. The fraction of sp³-hybridized carbons (Fsp3) is 0.259. The van der Waals surface area contributed by atoms with E-state index in [-0.39, 0.29) is 23.0 Å². The quantitative estimate of drug-likeness (QED) is 0.348. The van der Waals surface area contributed by atoms with Crippen molar-refractivity contribution in [1.29, 1.82) is 0 Å². The van der Waals surface area contributed by atoms with Gasteiger partial charge in [-0.3, -0.25) is 24.5 Å². The monoisotopic (exact) mass is 493 g/mol. The number of halogens is 1. The summed E-state index contributed by atoms with van der Waals surface area (Å²) in [5.41, 5.74) is 4.39. The van der Waals surface area contributed by atoms with Gasteiger partial charge in [-0.05, 0) is 50.1 Å². The average molecular weight is 494 g/mol. The maximum absolute atomic E-state index is 13.9. The van der Waals surface area contributed by atoms with E-state index in [0.29, 0.717) is 17.0 Å². The zero-order valence-corrected chi connectivity index (χ0v) is 20.5. The van der Waals surface area contributed by atoms with E-state index in [1.807, 2.05) is 0 Å². The molecule has 0 aliphatic heterocycles. The van der Waals surface area contributed by atoms with Crippen LogP contribution in [0.4, 0.5) is 4.39 Å². The Kier molecular flexibility index (Phi) is 8.37. The Morgan fingerprint density at radius 3 is 2.19 bits per heavy atom. The van der Waals surface area contributed by atoms with Crippen molar-refractivity contribution in [3.8, 4) is 0 Å². The Morgan fingerprint density at radius 2 is 1.56 bits per heavy atom. The number of carbonyl (C=O) groups excluding carboxylic acids is 4. The molecule has 3 aromatic rings. The van der Waals surface area contributed by atoms with E-state index < -0.39 is 36.1 Å². The lowest BCUT2D eigenvalue weighted by Crippen LogP contribution is -2.46. The van der Waals surface area contributed by atoms with Gasteiger partial charge in [0.1, 0.15) is 11.9 Å². The van der Waals surface area contributed by atoms with Gasteiger partial charge in [0, 0.05) is 22.5 Å². The molecule has 0 aliphatic rings. The van der Waals surface area contributed by atoms with Crippen LogP contribution in [0.3, 0.4) is 0 Å². The van der Waals surface area contributed by atoms with Gasteiger partial charge >= 0.3 is 5.97 Å². The zero-order chi connectivity index (χ0) is 26.4. The van der Waals surface area contributed by atoms with Crippen LogP contribution in [0, 0.1) is 25.6 Å². The summed E-state index contributed by atoms with van der Waals surface area (Å²) in [6, 6.07) is 14.6. The molecule has 188 valence electrons. The molecular weight excluding hydrogens is 465 g/mol. The summed E-state index contributed by atoms with van der Waals surface area (Å²) in [6.45, 7) is 6.22. The van der Waals surface area contributed by atoms with Crippen molar-refractivity contribution in [1.82, 2.24) is 9.99 Å². The van der Waals surface area contributed by atoms with Crippen molar-refractivity contribution in [2.75, 3.05) is 12.0 Å². The SMILES string of the molecule is Cc1cc(C(=O)COC(=O)[C@@H](NC(=O)c2ccccc2F)C(C)C)c(C)n1NC(=O)c1ccccc1. The lowest BCUT2D eigenvalue weighted by Gasteiger charge is -2.21. The van der Waals surface area contributed by atoms with Crippen LogP contribution in [0.2, 0.25) is 0 Å². The predicted molar refractivity (Wildman–Crippen MR) is 132 cm³/mol. The Morgan fingerprint density at radius 1 is 0.917 bits per heavy atom. The minimum Gasteiger partial charge on any atom is -0.456 e. The van der Waals surface area contributed by atoms with Crippen molar-refractivity contribution < 1.29 is 28.3 Å². The van der Waals surface area contributed by atoms with Gasteiger partial charge in [-0.25, -0.2) is 9.18 Å². The third-order valence-electron chi connectivity index (χ3n) is 5.65. The molecule has 0 fully saturated rings. The first kappa shape index (κ1) is 26.3. The molecule has 0 unspecified atom stereocenters. The lowest BCUT2D eigenvalue weighted by atomic mass is 10.0. The maximum Gasteiger partial charge on any atom is 0.329 e. The third-order valence-corrected chi connectivity index (χ3v) is 5.65. The number of nitrogens with zero attached hydrogens (tertiary/aromatic N) is 1. The number of ether oxygens (including phenoxy) is 1. The van der Waals surface area contributed by atoms with Crippen LogP contribution < -0.4 is 10.7 Å². The molecule has 2 amide bonds. The van der Waals surface area contributed by atoms with Crippen LogP contribution in [0.25, 0.3) is 0 Å². The molecule has 0 spiro atoms. The van der Waals surface area contributed by atoms with Gasteiger partial charge in [-0.1, -0.05) is 44.2 Å². The number of rotatable bonds is 9. The molecule has 2 aromatic carbocycles. The Balaban J connectivity index is 1.66. The number of aryl methyl sites for hydroxylation is 1. The van der Waals surface area contributed by atoms with E-state index in [4.69, 9.17) is 4.74 Å². The number of Topliss-reactive ketones (excluding diaryl/α,β-unsaturated/α-hetero) is 1. The second-order valence-electron chi connectivity index (χ2n) is 8.63. The van der Waals surface area contributed by atoms with Gasteiger partial charge in [0.05, 0.1) is 5.56 Å². The highest BCUT2D eigenvalue weighted by molar-refractivity contribution is 6.02. The number of esters is 1. The number of ketones is 1. The second kappa shape index (κ2) is 11.4. The summed E-state index contributed by atoms with van der Waals surface area (Å²) in [5, 5.41) is 2.48. The zero-order valence-electron chi connectivity index (χ0n) is 20.5. The number of nitrogens with one attached hydrogen (secondary N) is 2. The van der Waals surface area contributed by atoms with Gasteiger partial charge in [-0.2, -0.15) is 0 Å². The van der Waals surface area contributed by atoms with E-state index in [0.717, 1.165) is 6.07 Å². The van der Waals surface area contributed by atoms with Crippen LogP contribution in [-0.2, 0) is 9.53 Å². The molecule has 36 heavy (non-hydrogen) atoms. The summed E-state index contributed by atoms with van der Waals surface area (Å²) < 4.78 is 20.6. The first-order valence-electron chi connectivity index (χ1n) is 11.4. The molecule has 1 heterocycles. The molecule has 1 aromatic heterocycles. The molecule has 0 bridgehead atoms. The summed E-state index contributed by atoms with van der Waals surface area (Å²) in [6.07, 6.45) is 0. The van der Waals surface area contributed by atoms with Gasteiger partial charge in [0.25, 0.3) is 11.8 Å². The second-order valence-corrected chi connectivity index (χ2v) is 8.63. The molecule has 0 saturated heterocycles. The third kappa shape index (κ3) is 6.04. The normalized spacial score (nSPS) is 11.6. The van der Waals surface area contributed by atoms with E-state index in [1.54, 1.807) is 64.1 Å². The van der Waals surface area contributed by atoms with Crippen LogP contribution in [0.1, 0.15) is 56.3 Å². The molecule has 8 nitrogen and oxygen atoms in total. The standard InChI is InChI=1S/C27H28FN3O5/c1-16(2)24(29-26(34)20-12-8-9-13-22(20)28)27(35)36-15-23(32)21-14-17(3)31(18(21)4)30-25(33)19-10-6-5-7-11-19/h5-14,16,24H,15H2,1-4H3,(H,29,34)(H,30,33)/t24-/m0/s1. The van der Waals surface area contributed by atoms with Crippen molar-refractivity contribution in [2.24, 2.45) is 5.92 Å².